The average Bonchev–Trinajstić information content (AvgIpc) is 3.04. The van der Waals surface area contributed by atoms with Crippen LogP contribution in [-0.4, -0.2) is 75.7 Å². The van der Waals surface area contributed by atoms with Gasteiger partial charge in [-0.25, -0.2) is 4.79 Å². The van der Waals surface area contributed by atoms with Crippen molar-refractivity contribution < 1.29 is 47.6 Å². The summed E-state index contributed by atoms with van der Waals surface area (Å²) in [5.41, 5.74) is -2.69. The van der Waals surface area contributed by atoms with Crippen molar-refractivity contribution in [3.8, 4) is 0 Å². The summed E-state index contributed by atoms with van der Waals surface area (Å²) in [6, 6.07) is 0. The van der Waals surface area contributed by atoms with Gasteiger partial charge in [0.05, 0.1) is 30.5 Å². The van der Waals surface area contributed by atoms with E-state index in [9.17, 15) is 19.2 Å². The van der Waals surface area contributed by atoms with Gasteiger partial charge in [-0.1, -0.05) is 54.4 Å². The van der Waals surface area contributed by atoms with Gasteiger partial charge in [0.1, 0.15) is 17.8 Å². The van der Waals surface area contributed by atoms with Crippen LogP contribution in [0.1, 0.15) is 153 Å². The van der Waals surface area contributed by atoms with Gasteiger partial charge in [0.2, 0.25) is 0 Å². The molecule has 0 saturated heterocycles. The Labute approximate surface area is 297 Å². The summed E-state index contributed by atoms with van der Waals surface area (Å²) < 4.78 is 33.0. The lowest BCUT2D eigenvalue weighted by Gasteiger charge is -2.48. The highest BCUT2D eigenvalue weighted by Gasteiger charge is 2.50. The minimum Gasteiger partial charge on any atom is -0.465 e. The molecular formula is C39H70O10. The van der Waals surface area contributed by atoms with Crippen molar-refractivity contribution in [3.63, 3.8) is 0 Å². The van der Waals surface area contributed by atoms with Crippen LogP contribution in [-0.2, 0) is 47.6 Å². The van der Waals surface area contributed by atoms with Gasteiger partial charge in [0.25, 0.3) is 0 Å². The molecule has 0 atom stereocenters. The van der Waals surface area contributed by atoms with E-state index >= 15 is 0 Å². The number of hydrogen-bond acceptors (Lipinski definition) is 10. The van der Waals surface area contributed by atoms with Crippen molar-refractivity contribution in [1.82, 2.24) is 0 Å². The molecule has 10 heteroatoms. The number of hydrogen-bond donors (Lipinski definition) is 0. The number of rotatable bonds is 17. The average molecular weight is 699 g/mol. The fourth-order valence-electron chi connectivity index (χ4n) is 6.61. The first-order chi connectivity index (χ1) is 22.7. The van der Waals surface area contributed by atoms with Crippen molar-refractivity contribution in [1.29, 1.82) is 0 Å². The second-order valence-electron chi connectivity index (χ2n) is 16.6. The highest BCUT2D eigenvalue weighted by molar-refractivity contribution is 5.80. The van der Waals surface area contributed by atoms with Gasteiger partial charge in [0, 0.05) is 25.0 Å². The standard InChI is InChI=1S/C20H36O5.C19H34O5/c1-7-18(2,3)17(22)24-14-11-16(21)25-20(12-9-8-10-13-20)19(4,5)15-23-6;1-7-17(2,3)16(21)23-13-15(20)24-19(11-9-8-10-12-19)18(4,5)14-22-6/h7-15H2,1-6H3;7-14H2,1-6H3. The van der Waals surface area contributed by atoms with Crippen molar-refractivity contribution in [3.05, 3.63) is 0 Å². The fraction of sp³-hybridized carbons (Fsp3) is 0.897. The zero-order valence-corrected chi connectivity index (χ0v) is 33.1. The molecule has 0 heterocycles. The van der Waals surface area contributed by atoms with Crippen LogP contribution < -0.4 is 0 Å². The van der Waals surface area contributed by atoms with Crippen molar-refractivity contribution >= 4 is 23.9 Å². The minimum absolute atomic E-state index is 0.0713. The van der Waals surface area contributed by atoms with Crippen molar-refractivity contribution in [2.24, 2.45) is 21.7 Å². The van der Waals surface area contributed by atoms with E-state index in [4.69, 9.17) is 28.4 Å². The Morgan fingerprint density at radius 3 is 1.29 bits per heavy atom. The fourth-order valence-corrected chi connectivity index (χ4v) is 6.61. The quantitative estimate of drug-likeness (QED) is 0.109. The molecule has 0 spiro atoms. The molecule has 10 nitrogen and oxygen atoms in total. The largest absolute Gasteiger partial charge is 0.465 e. The summed E-state index contributed by atoms with van der Waals surface area (Å²) in [5.74, 6) is -1.40. The molecule has 0 N–H and O–H groups in total. The molecular weight excluding hydrogens is 628 g/mol. The summed E-state index contributed by atoms with van der Waals surface area (Å²) in [6.07, 6.45) is 11.3. The highest BCUT2D eigenvalue weighted by Crippen LogP contribution is 2.46. The van der Waals surface area contributed by atoms with E-state index < -0.39 is 28.0 Å². The molecule has 2 saturated carbocycles. The van der Waals surface area contributed by atoms with E-state index in [0.29, 0.717) is 26.1 Å². The number of methoxy groups -OCH3 is 2. The van der Waals surface area contributed by atoms with E-state index in [1.54, 1.807) is 14.2 Å². The van der Waals surface area contributed by atoms with Crippen LogP contribution >= 0.6 is 0 Å². The monoisotopic (exact) mass is 698 g/mol. The Morgan fingerprint density at radius 1 is 0.551 bits per heavy atom. The zero-order chi connectivity index (χ0) is 37.6. The second kappa shape index (κ2) is 19.4. The van der Waals surface area contributed by atoms with Gasteiger partial charge in [-0.05, 0) is 91.9 Å². The molecule has 0 radical (unpaired) electrons. The van der Waals surface area contributed by atoms with E-state index in [1.165, 1.54) is 6.42 Å². The van der Waals surface area contributed by atoms with Gasteiger partial charge in [0.15, 0.2) is 6.61 Å². The number of ether oxygens (including phenoxy) is 6. The van der Waals surface area contributed by atoms with Crippen molar-refractivity contribution in [2.75, 3.05) is 40.6 Å². The van der Waals surface area contributed by atoms with Crippen LogP contribution in [0.3, 0.4) is 0 Å². The smallest absolute Gasteiger partial charge is 0.344 e. The van der Waals surface area contributed by atoms with E-state index in [-0.39, 0.29) is 48.4 Å². The molecule has 0 aromatic rings. The lowest BCUT2D eigenvalue weighted by Crippen LogP contribution is -2.52. The Kier molecular flexibility index (Phi) is 17.8. The van der Waals surface area contributed by atoms with E-state index in [1.807, 2.05) is 41.5 Å². The predicted molar refractivity (Wildman–Crippen MR) is 190 cm³/mol. The van der Waals surface area contributed by atoms with Gasteiger partial charge in [-0.2, -0.15) is 0 Å². The molecule has 2 rings (SSSR count). The Morgan fingerprint density at radius 2 is 0.918 bits per heavy atom. The lowest BCUT2D eigenvalue weighted by molar-refractivity contribution is -0.194. The predicted octanol–water partition coefficient (Wildman–Crippen LogP) is 8.16. The molecule has 2 fully saturated rings. The summed E-state index contributed by atoms with van der Waals surface area (Å²) in [6.45, 7) is 20.3. The zero-order valence-electron chi connectivity index (χ0n) is 33.1. The summed E-state index contributed by atoms with van der Waals surface area (Å²) in [7, 11) is 3.34. The van der Waals surface area contributed by atoms with Crippen LogP contribution in [0, 0.1) is 21.7 Å². The Balaban J connectivity index is 0.000000490. The molecule has 286 valence electrons. The molecule has 2 aliphatic rings. The third-order valence-corrected chi connectivity index (χ3v) is 11.2. The molecule has 0 unspecified atom stereocenters. The van der Waals surface area contributed by atoms with E-state index in [0.717, 1.165) is 57.8 Å². The molecule has 0 bridgehead atoms. The number of carbonyl (C=O) groups is 4. The van der Waals surface area contributed by atoms with Crippen molar-refractivity contribution in [2.45, 2.75) is 164 Å². The first-order valence-corrected chi connectivity index (χ1v) is 18.5. The summed E-state index contributed by atoms with van der Waals surface area (Å²) in [4.78, 5) is 48.8. The topological polar surface area (TPSA) is 124 Å². The molecule has 49 heavy (non-hydrogen) atoms. The SMILES string of the molecule is CCC(C)(C)C(=O)OCC(=O)OC1(C(C)(C)COC)CCCCC1.CCC(C)(C)C(=O)OCCC(=O)OC1(C(C)(C)COC)CCCCC1. The Hall–Kier alpha value is -2.20. The van der Waals surface area contributed by atoms with Crippen LogP contribution in [0.15, 0.2) is 0 Å². The molecule has 0 aromatic carbocycles. The normalized spacial score (nSPS) is 18.0. The van der Waals surface area contributed by atoms with Gasteiger partial charge in [-0.15, -0.1) is 0 Å². The molecule has 0 aliphatic heterocycles. The maximum atomic E-state index is 12.4. The third-order valence-electron chi connectivity index (χ3n) is 11.2. The first kappa shape index (κ1) is 44.8. The van der Waals surface area contributed by atoms with E-state index in [2.05, 4.69) is 27.7 Å². The Bertz CT molecular complexity index is 1050. The van der Waals surface area contributed by atoms with Crippen LogP contribution in [0.2, 0.25) is 0 Å². The second-order valence-corrected chi connectivity index (χ2v) is 16.6. The van der Waals surface area contributed by atoms with Gasteiger partial charge < -0.3 is 28.4 Å². The summed E-state index contributed by atoms with van der Waals surface area (Å²) in [5, 5.41) is 0. The maximum absolute atomic E-state index is 12.4. The summed E-state index contributed by atoms with van der Waals surface area (Å²) >= 11 is 0. The van der Waals surface area contributed by atoms with Crippen LogP contribution in [0.5, 0.6) is 0 Å². The number of esters is 4. The van der Waals surface area contributed by atoms with Gasteiger partial charge in [-0.3, -0.25) is 14.4 Å². The molecule has 2 aliphatic carbocycles. The van der Waals surface area contributed by atoms with Crippen LogP contribution in [0.25, 0.3) is 0 Å². The molecule has 0 aromatic heterocycles. The lowest BCUT2D eigenvalue weighted by atomic mass is 9.67. The first-order valence-electron chi connectivity index (χ1n) is 18.5. The highest BCUT2D eigenvalue weighted by atomic mass is 16.6. The van der Waals surface area contributed by atoms with Crippen LogP contribution in [0.4, 0.5) is 0 Å². The minimum atomic E-state index is -0.585. The maximum Gasteiger partial charge on any atom is 0.344 e. The molecule has 0 amide bonds. The van der Waals surface area contributed by atoms with Gasteiger partial charge >= 0.3 is 23.9 Å². The third kappa shape index (κ3) is 12.8. The number of carbonyl (C=O) groups excluding carboxylic acids is 4.